The third-order valence-corrected chi connectivity index (χ3v) is 12.2. The molecular weight excluding hydrogens is 450 g/mol. The molecule has 0 aromatic heterocycles. The van der Waals surface area contributed by atoms with Crippen LogP contribution in [0.4, 0.5) is 0 Å². The van der Waals surface area contributed by atoms with E-state index in [1.54, 1.807) is 11.9 Å². The van der Waals surface area contributed by atoms with Crippen molar-refractivity contribution in [3.63, 3.8) is 0 Å². The lowest BCUT2D eigenvalue weighted by Gasteiger charge is -2.41. The molecule has 1 rings (SSSR count). The van der Waals surface area contributed by atoms with Crippen LogP contribution in [0.2, 0.25) is 18.1 Å². The Morgan fingerprint density at radius 3 is 2.14 bits per heavy atom. The third-order valence-electron chi connectivity index (χ3n) is 7.76. The molecule has 0 saturated heterocycles. The summed E-state index contributed by atoms with van der Waals surface area (Å²) in [6.45, 7) is 23.8. The summed E-state index contributed by atoms with van der Waals surface area (Å²) in [5, 5.41) is 10.9. The second kappa shape index (κ2) is 13.0. The first-order chi connectivity index (χ1) is 16.0. The van der Waals surface area contributed by atoms with E-state index in [0.29, 0.717) is 6.42 Å². The highest BCUT2D eigenvalue weighted by Gasteiger charge is 2.40. The second-order valence-electron chi connectivity index (χ2n) is 11.9. The Morgan fingerprint density at radius 1 is 1.11 bits per heavy atom. The summed E-state index contributed by atoms with van der Waals surface area (Å²) in [6, 6.07) is 9.22. The second-order valence-corrected chi connectivity index (χ2v) is 16.6. The number of carbonyl (C=O) groups is 1. The van der Waals surface area contributed by atoms with Crippen LogP contribution in [0, 0.1) is 11.8 Å². The molecule has 35 heavy (non-hydrogen) atoms. The predicted molar refractivity (Wildman–Crippen MR) is 152 cm³/mol. The molecule has 1 aromatic rings. The van der Waals surface area contributed by atoms with E-state index in [0.717, 1.165) is 5.56 Å². The molecule has 198 valence electrons. The number of amides is 1. The summed E-state index contributed by atoms with van der Waals surface area (Å²) < 4.78 is 6.83. The van der Waals surface area contributed by atoms with Gasteiger partial charge in [-0.3, -0.25) is 4.79 Å². The van der Waals surface area contributed by atoms with Crippen LogP contribution in [0.5, 0.6) is 0 Å². The van der Waals surface area contributed by atoms with Crippen molar-refractivity contribution in [1.29, 1.82) is 0 Å². The van der Waals surface area contributed by atoms with Gasteiger partial charge in [-0.25, -0.2) is 0 Å². The zero-order valence-corrected chi connectivity index (χ0v) is 25.3. The molecule has 0 aliphatic carbocycles. The van der Waals surface area contributed by atoms with Gasteiger partial charge in [-0.15, -0.1) is 0 Å². The maximum atomic E-state index is 13.2. The van der Waals surface area contributed by atoms with Gasteiger partial charge in [-0.2, -0.15) is 0 Å². The maximum absolute atomic E-state index is 13.2. The van der Waals surface area contributed by atoms with Gasteiger partial charge >= 0.3 is 0 Å². The molecule has 1 aromatic carbocycles. The third kappa shape index (κ3) is 8.73. The molecule has 5 atom stereocenters. The summed E-state index contributed by atoms with van der Waals surface area (Å²) in [5.41, 5.74) is 3.26. The Balaban J connectivity index is 2.93. The van der Waals surface area contributed by atoms with Crippen molar-refractivity contribution in [3.8, 4) is 0 Å². The van der Waals surface area contributed by atoms with Crippen LogP contribution >= 0.6 is 0 Å². The summed E-state index contributed by atoms with van der Waals surface area (Å²) >= 11 is 0. The minimum Gasteiger partial charge on any atom is -0.410 e. The van der Waals surface area contributed by atoms with Crippen molar-refractivity contribution in [3.05, 3.63) is 59.2 Å². The lowest BCUT2D eigenvalue weighted by atomic mass is 9.92. The van der Waals surface area contributed by atoms with Gasteiger partial charge in [-0.1, -0.05) is 82.7 Å². The van der Waals surface area contributed by atoms with Gasteiger partial charge in [-0.05, 0) is 63.4 Å². The molecule has 1 amide bonds. The van der Waals surface area contributed by atoms with E-state index in [1.165, 1.54) is 11.1 Å². The number of hydrogen-bond acceptors (Lipinski definition) is 3. The number of hydrogen-bond donors (Lipinski definition) is 1. The minimum absolute atomic E-state index is 0.0329. The summed E-state index contributed by atoms with van der Waals surface area (Å²) in [7, 11) is -0.144. The number of allylic oxidation sites excluding steroid dienone is 2. The van der Waals surface area contributed by atoms with E-state index in [-0.39, 0.29) is 34.9 Å². The zero-order chi connectivity index (χ0) is 27.1. The van der Waals surface area contributed by atoms with E-state index in [4.69, 9.17) is 4.43 Å². The zero-order valence-electron chi connectivity index (χ0n) is 24.3. The molecule has 4 nitrogen and oxygen atoms in total. The Morgan fingerprint density at radius 2 is 1.66 bits per heavy atom. The van der Waals surface area contributed by atoms with E-state index >= 15 is 0 Å². The van der Waals surface area contributed by atoms with E-state index < -0.39 is 14.4 Å². The molecule has 0 fully saturated rings. The van der Waals surface area contributed by atoms with Crippen molar-refractivity contribution in [2.75, 3.05) is 7.05 Å². The number of aliphatic hydroxyl groups is 1. The largest absolute Gasteiger partial charge is 0.410 e. The molecule has 0 aliphatic heterocycles. The SMILES string of the molecule is C/C=C(\C)[C@H](O[Si](C)(C)C(C)(C)C)[C@H](C)/C=C(\C)C[C@H](C)C(=O)N(C)[C@@H](C)[C@@H](O)c1ccccc1. The van der Waals surface area contributed by atoms with Crippen LogP contribution in [0.25, 0.3) is 0 Å². The highest BCUT2D eigenvalue weighted by molar-refractivity contribution is 6.74. The number of likely N-dealkylation sites (N-methyl/N-ethyl adjacent to an activating group) is 1. The number of nitrogens with zero attached hydrogens (tertiary/aromatic N) is 1. The first-order valence-corrected chi connectivity index (χ1v) is 15.9. The first-order valence-electron chi connectivity index (χ1n) is 13.0. The Labute approximate surface area is 216 Å². The molecule has 0 saturated carbocycles. The van der Waals surface area contributed by atoms with Crippen molar-refractivity contribution >= 4 is 14.2 Å². The lowest BCUT2D eigenvalue weighted by molar-refractivity contribution is -0.137. The standard InChI is InChI=1S/C30H51NO3Si/c1-13-22(3)28(34-35(11,12)30(7,8)9)23(4)19-21(2)20-24(5)29(33)31(10)25(6)27(32)26-17-15-14-16-18-26/h13-19,23-25,27-28,32H,20H2,1-12H3/b21-19+,22-13+/t23-,24+,25+,27-,28+/m1/s1. The van der Waals surface area contributed by atoms with Crippen molar-refractivity contribution in [2.24, 2.45) is 11.8 Å². The average molecular weight is 502 g/mol. The average Bonchev–Trinajstić information content (AvgIpc) is 2.79. The van der Waals surface area contributed by atoms with Gasteiger partial charge in [0.15, 0.2) is 8.32 Å². The quantitative estimate of drug-likeness (QED) is 0.252. The number of carbonyl (C=O) groups excluding carboxylic acids is 1. The predicted octanol–water partition coefficient (Wildman–Crippen LogP) is 7.53. The fraction of sp³-hybridized carbons (Fsp3) is 0.633. The topological polar surface area (TPSA) is 49.8 Å². The first kappa shape index (κ1) is 31.3. The molecule has 1 N–H and O–H groups in total. The molecular formula is C30H51NO3Si. The molecule has 0 bridgehead atoms. The maximum Gasteiger partial charge on any atom is 0.225 e. The van der Waals surface area contributed by atoms with Crippen LogP contribution < -0.4 is 0 Å². The van der Waals surface area contributed by atoms with Gasteiger partial charge < -0.3 is 14.4 Å². The van der Waals surface area contributed by atoms with Crippen LogP contribution in [-0.2, 0) is 9.22 Å². The van der Waals surface area contributed by atoms with E-state index in [2.05, 4.69) is 73.7 Å². The van der Waals surface area contributed by atoms with Gasteiger partial charge in [0.25, 0.3) is 0 Å². The van der Waals surface area contributed by atoms with Crippen LogP contribution in [0.15, 0.2) is 53.6 Å². The van der Waals surface area contributed by atoms with Crippen molar-refractivity contribution in [1.82, 2.24) is 4.90 Å². The fourth-order valence-corrected chi connectivity index (χ4v) is 5.53. The number of aliphatic hydroxyl groups excluding tert-OH is 1. The Bertz CT molecular complexity index is 869. The molecule has 0 radical (unpaired) electrons. The van der Waals surface area contributed by atoms with Crippen molar-refractivity contribution < 1.29 is 14.3 Å². The van der Waals surface area contributed by atoms with E-state index in [9.17, 15) is 9.90 Å². The molecule has 0 spiro atoms. The normalized spacial score (nSPS) is 18.0. The number of benzene rings is 1. The molecule has 0 aliphatic rings. The van der Waals surface area contributed by atoms with Crippen molar-refractivity contribution in [2.45, 2.75) is 105 Å². The summed E-state index contributed by atoms with van der Waals surface area (Å²) in [5.74, 6) is 0.0854. The van der Waals surface area contributed by atoms with Gasteiger partial charge in [0.2, 0.25) is 5.91 Å². The van der Waals surface area contributed by atoms with Crippen LogP contribution in [0.1, 0.15) is 80.4 Å². The molecule has 0 unspecified atom stereocenters. The van der Waals surface area contributed by atoms with Gasteiger partial charge in [0.05, 0.1) is 18.2 Å². The Kier molecular flexibility index (Phi) is 11.7. The van der Waals surface area contributed by atoms with Crippen LogP contribution in [-0.4, -0.2) is 43.4 Å². The summed E-state index contributed by atoms with van der Waals surface area (Å²) in [6.07, 6.45) is 4.43. The monoisotopic (exact) mass is 501 g/mol. The van der Waals surface area contributed by atoms with Gasteiger partial charge in [0, 0.05) is 18.9 Å². The van der Waals surface area contributed by atoms with Crippen LogP contribution in [0.3, 0.4) is 0 Å². The number of rotatable bonds is 11. The highest BCUT2D eigenvalue weighted by Crippen LogP contribution is 2.39. The summed E-state index contributed by atoms with van der Waals surface area (Å²) in [4.78, 5) is 14.9. The fourth-order valence-electron chi connectivity index (χ4n) is 4.14. The van der Waals surface area contributed by atoms with E-state index in [1.807, 2.05) is 44.2 Å². The smallest absolute Gasteiger partial charge is 0.225 e. The molecule has 5 heteroatoms. The Hall–Kier alpha value is -1.69. The minimum atomic E-state index is -1.93. The molecule has 0 heterocycles. The highest BCUT2D eigenvalue weighted by atomic mass is 28.4. The van der Waals surface area contributed by atoms with Gasteiger partial charge in [0.1, 0.15) is 0 Å². The lowest BCUT2D eigenvalue weighted by Crippen LogP contribution is -2.45.